The van der Waals surface area contributed by atoms with Gasteiger partial charge in [0.05, 0.1) is 12.1 Å². The van der Waals surface area contributed by atoms with Crippen LogP contribution in [0.4, 0.5) is 5.69 Å². The molecular weight excluding hydrogens is 246 g/mol. The van der Waals surface area contributed by atoms with Crippen LogP contribution in [-0.4, -0.2) is 13.7 Å². The lowest BCUT2D eigenvalue weighted by Crippen LogP contribution is -1.90. The molecular formula is C15H14ClNO. The zero-order chi connectivity index (χ0) is 12.5. The SMILES string of the molecule is COc1ccc(-c2cccc3c2CCN3)cc1Cl. The van der Waals surface area contributed by atoms with E-state index in [1.54, 1.807) is 7.11 Å². The first kappa shape index (κ1) is 11.4. The minimum atomic E-state index is 0.651. The van der Waals surface area contributed by atoms with Gasteiger partial charge in [-0.05, 0) is 41.3 Å². The minimum absolute atomic E-state index is 0.651. The van der Waals surface area contributed by atoms with Crippen LogP contribution in [0.15, 0.2) is 36.4 Å². The van der Waals surface area contributed by atoms with Crippen molar-refractivity contribution < 1.29 is 4.74 Å². The van der Waals surface area contributed by atoms with Crippen LogP contribution in [-0.2, 0) is 6.42 Å². The van der Waals surface area contributed by atoms with E-state index < -0.39 is 0 Å². The standard InChI is InChI=1S/C15H14ClNO/c1-18-15-6-5-10(9-13(15)16)11-3-2-4-14-12(11)7-8-17-14/h2-6,9,17H,7-8H2,1H3. The van der Waals surface area contributed by atoms with E-state index in [-0.39, 0.29) is 0 Å². The van der Waals surface area contributed by atoms with Gasteiger partial charge in [0.25, 0.3) is 0 Å². The Hall–Kier alpha value is -1.67. The van der Waals surface area contributed by atoms with Gasteiger partial charge in [-0.15, -0.1) is 0 Å². The fourth-order valence-electron chi connectivity index (χ4n) is 2.45. The highest BCUT2D eigenvalue weighted by molar-refractivity contribution is 6.32. The summed E-state index contributed by atoms with van der Waals surface area (Å²) >= 11 is 6.19. The highest BCUT2D eigenvalue weighted by Gasteiger charge is 2.15. The summed E-state index contributed by atoms with van der Waals surface area (Å²) in [4.78, 5) is 0. The molecule has 2 aromatic rings. The number of ether oxygens (including phenoxy) is 1. The maximum atomic E-state index is 6.19. The van der Waals surface area contributed by atoms with Gasteiger partial charge in [-0.3, -0.25) is 0 Å². The first-order valence-corrected chi connectivity index (χ1v) is 6.37. The molecule has 0 fully saturated rings. The molecule has 1 heterocycles. The molecule has 0 unspecified atom stereocenters. The van der Waals surface area contributed by atoms with Gasteiger partial charge in [-0.25, -0.2) is 0 Å². The average Bonchev–Trinajstić information content (AvgIpc) is 2.86. The maximum absolute atomic E-state index is 6.19. The molecule has 1 aliphatic heterocycles. The number of fused-ring (bicyclic) bond motifs is 1. The van der Waals surface area contributed by atoms with Crippen LogP contribution < -0.4 is 10.1 Å². The first-order chi connectivity index (χ1) is 8.79. The Morgan fingerprint density at radius 1 is 1.22 bits per heavy atom. The van der Waals surface area contributed by atoms with Crippen LogP contribution in [0.3, 0.4) is 0 Å². The van der Waals surface area contributed by atoms with E-state index in [0.29, 0.717) is 10.8 Å². The molecule has 0 atom stereocenters. The zero-order valence-electron chi connectivity index (χ0n) is 10.2. The van der Waals surface area contributed by atoms with Crippen molar-refractivity contribution in [2.75, 3.05) is 19.0 Å². The molecule has 18 heavy (non-hydrogen) atoms. The lowest BCUT2D eigenvalue weighted by Gasteiger charge is -2.10. The number of methoxy groups -OCH3 is 1. The summed E-state index contributed by atoms with van der Waals surface area (Å²) in [5.41, 5.74) is 5.00. The predicted octanol–water partition coefficient (Wildman–Crippen LogP) is 3.98. The minimum Gasteiger partial charge on any atom is -0.495 e. The lowest BCUT2D eigenvalue weighted by molar-refractivity contribution is 0.415. The van der Waals surface area contributed by atoms with Gasteiger partial charge in [0.1, 0.15) is 5.75 Å². The molecule has 0 radical (unpaired) electrons. The Balaban J connectivity index is 2.10. The number of rotatable bonds is 2. The number of anilines is 1. The van der Waals surface area contributed by atoms with E-state index in [1.807, 2.05) is 12.1 Å². The second kappa shape index (κ2) is 4.54. The third-order valence-corrected chi connectivity index (χ3v) is 3.62. The van der Waals surface area contributed by atoms with Crippen LogP contribution in [0.2, 0.25) is 5.02 Å². The number of hydrogen-bond donors (Lipinski definition) is 1. The summed E-state index contributed by atoms with van der Waals surface area (Å²) in [6.07, 6.45) is 1.06. The lowest BCUT2D eigenvalue weighted by atomic mass is 9.98. The summed E-state index contributed by atoms with van der Waals surface area (Å²) in [7, 11) is 1.63. The van der Waals surface area contributed by atoms with Crippen LogP contribution in [0.25, 0.3) is 11.1 Å². The Labute approximate surface area is 112 Å². The van der Waals surface area contributed by atoms with Gasteiger partial charge in [0.2, 0.25) is 0 Å². The second-order valence-corrected chi connectivity index (χ2v) is 4.76. The Kier molecular flexibility index (Phi) is 2.88. The largest absolute Gasteiger partial charge is 0.495 e. The monoisotopic (exact) mass is 259 g/mol. The van der Waals surface area contributed by atoms with E-state index in [1.165, 1.54) is 16.8 Å². The fraction of sp³-hybridized carbons (Fsp3) is 0.200. The maximum Gasteiger partial charge on any atom is 0.137 e. The molecule has 0 aliphatic carbocycles. The molecule has 3 rings (SSSR count). The topological polar surface area (TPSA) is 21.3 Å². The summed E-state index contributed by atoms with van der Waals surface area (Å²) in [5.74, 6) is 0.714. The number of nitrogens with one attached hydrogen (secondary N) is 1. The second-order valence-electron chi connectivity index (χ2n) is 4.36. The van der Waals surface area contributed by atoms with Gasteiger partial charge < -0.3 is 10.1 Å². The molecule has 92 valence electrons. The van der Waals surface area contributed by atoms with E-state index in [4.69, 9.17) is 16.3 Å². The molecule has 0 bridgehead atoms. The van der Waals surface area contributed by atoms with Crippen molar-refractivity contribution in [2.45, 2.75) is 6.42 Å². The normalized spacial score (nSPS) is 13.0. The van der Waals surface area contributed by atoms with Crippen molar-refractivity contribution in [3.63, 3.8) is 0 Å². The molecule has 2 nitrogen and oxygen atoms in total. The van der Waals surface area contributed by atoms with E-state index >= 15 is 0 Å². The smallest absolute Gasteiger partial charge is 0.137 e. The third kappa shape index (κ3) is 1.83. The van der Waals surface area contributed by atoms with Crippen molar-refractivity contribution >= 4 is 17.3 Å². The summed E-state index contributed by atoms with van der Waals surface area (Å²) in [6.45, 7) is 1.01. The van der Waals surface area contributed by atoms with E-state index in [0.717, 1.165) is 18.5 Å². The van der Waals surface area contributed by atoms with Crippen molar-refractivity contribution in [1.82, 2.24) is 0 Å². The van der Waals surface area contributed by atoms with Gasteiger partial charge in [-0.2, -0.15) is 0 Å². The van der Waals surface area contributed by atoms with E-state index in [2.05, 4.69) is 29.6 Å². The molecule has 2 aromatic carbocycles. The molecule has 0 saturated heterocycles. The average molecular weight is 260 g/mol. The van der Waals surface area contributed by atoms with Crippen molar-refractivity contribution in [1.29, 1.82) is 0 Å². The van der Waals surface area contributed by atoms with Crippen molar-refractivity contribution in [3.8, 4) is 16.9 Å². The number of hydrogen-bond acceptors (Lipinski definition) is 2. The highest BCUT2D eigenvalue weighted by Crippen LogP contribution is 2.36. The van der Waals surface area contributed by atoms with Gasteiger partial charge in [0.15, 0.2) is 0 Å². The molecule has 0 amide bonds. The molecule has 0 spiro atoms. The van der Waals surface area contributed by atoms with Gasteiger partial charge >= 0.3 is 0 Å². The molecule has 3 heteroatoms. The number of benzene rings is 2. The first-order valence-electron chi connectivity index (χ1n) is 5.99. The molecule has 0 saturated carbocycles. The van der Waals surface area contributed by atoms with Gasteiger partial charge in [-0.1, -0.05) is 29.8 Å². The Bertz CT molecular complexity index is 595. The van der Waals surface area contributed by atoms with E-state index in [9.17, 15) is 0 Å². The highest BCUT2D eigenvalue weighted by atomic mass is 35.5. The van der Waals surface area contributed by atoms with Crippen molar-refractivity contribution in [3.05, 3.63) is 47.0 Å². The van der Waals surface area contributed by atoms with Crippen molar-refractivity contribution in [2.24, 2.45) is 0 Å². The predicted molar refractivity (Wildman–Crippen MR) is 75.6 cm³/mol. The third-order valence-electron chi connectivity index (χ3n) is 3.33. The molecule has 0 aromatic heterocycles. The van der Waals surface area contributed by atoms with Gasteiger partial charge in [0, 0.05) is 12.2 Å². The van der Waals surface area contributed by atoms with Crippen LogP contribution >= 0.6 is 11.6 Å². The van der Waals surface area contributed by atoms with Crippen LogP contribution in [0, 0.1) is 0 Å². The Morgan fingerprint density at radius 2 is 2.11 bits per heavy atom. The Morgan fingerprint density at radius 3 is 2.89 bits per heavy atom. The van der Waals surface area contributed by atoms with Crippen LogP contribution in [0.5, 0.6) is 5.75 Å². The van der Waals surface area contributed by atoms with Crippen LogP contribution in [0.1, 0.15) is 5.56 Å². The molecule has 1 aliphatic rings. The summed E-state index contributed by atoms with van der Waals surface area (Å²) in [6, 6.07) is 12.3. The summed E-state index contributed by atoms with van der Waals surface area (Å²) < 4.78 is 5.18. The molecule has 1 N–H and O–H groups in total. The summed E-state index contributed by atoms with van der Waals surface area (Å²) in [5, 5.41) is 4.04. The quantitative estimate of drug-likeness (QED) is 0.881. The number of halogens is 1. The zero-order valence-corrected chi connectivity index (χ0v) is 10.9. The fourth-order valence-corrected chi connectivity index (χ4v) is 2.71.